The number of methoxy groups -OCH3 is 1. The van der Waals surface area contributed by atoms with Crippen molar-refractivity contribution in [1.82, 2.24) is 9.88 Å². The molecule has 2 heterocycles. The van der Waals surface area contributed by atoms with Crippen molar-refractivity contribution in [3.8, 4) is 11.6 Å². The van der Waals surface area contributed by atoms with E-state index in [-0.39, 0.29) is 5.88 Å². The lowest BCUT2D eigenvalue weighted by molar-refractivity contribution is 0.0601. The lowest BCUT2D eigenvalue weighted by atomic mass is 9.98. The number of aromatic nitrogens is 1. The summed E-state index contributed by atoms with van der Waals surface area (Å²) in [6.07, 6.45) is 0.831. The first-order valence-electron chi connectivity index (χ1n) is 11.4. The summed E-state index contributed by atoms with van der Waals surface area (Å²) in [6, 6.07) is 19.2. The van der Waals surface area contributed by atoms with Crippen LogP contribution in [0.4, 0.5) is 5.69 Å². The second-order valence-electron chi connectivity index (χ2n) is 8.89. The Morgan fingerprint density at radius 1 is 1.09 bits per heavy atom. The average Bonchev–Trinajstić information content (AvgIpc) is 3.45. The summed E-state index contributed by atoms with van der Waals surface area (Å²) in [6.45, 7) is 1.50. The van der Waals surface area contributed by atoms with Crippen LogP contribution < -0.4 is 4.74 Å². The van der Waals surface area contributed by atoms with Crippen LogP contribution in [0.5, 0.6) is 11.6 Å². The number of aromatic hydroxyl groups is 1. The van der Waals surface area contributed by atoms with E-state index in [0.717, 1.165) is 40.9 Å². The molecule has 7 heteroatoms. The SMILES string of the molecule is COC(=O)c1ccc2c(C(=Nc3ccc(CN(C)C)cc3)c3ccc4c(c3)CCO4)c(O)[nH]c2c1. The number of nitrogens with one attached hydrogen (secondary N) is 1. The van der Waals surface area contributed by atoms with E-state index in [2.05, 4.69) is 28.1 Å². The van der Waals surface area contributed by atoms with E-state index >= 15 is 0 Å². The van der Waals surface area contributed by atoms with E-state index in [4.69, 9.17) is 14.5 Å². The van der Waals surface area contributed by atoms with Gasteiger partial charge in [0.1, 0.15) is 5.75 Å². The van der Waals surface area contributed by atoms with E-state index in [1.54, 1.807) is 18.2 Å². The van der Waals surface area contributed by atoms with Crippen LogP contribution in [0, 0.1) is 0 Å². The highest BCUT2D eigenvalue weighted by Crippen LogP contribution is 2.34. The molecule has 178 valence electrons. The Hall–Kier alpha value is -4.10. The van der Waals surface area contributed by atoms with Gasteiger partial charge in [0.25, 0.3) is 0 Å². The highest BCUT2D eigenvalue weighted by molar-refractivity contribution is 6.22. The first kappa shape index (κ1) is 22.7. The summed E-state index contributed by atoms with van der Waals surface area (Å²) in [4.78, 5) is 22.1. The Balaban J connectivity index is 1.66. The molecular formula is C28H27N3O4. The summed E-state index contributed by atoms with van der Waals surface area (Å²) in [5, 5.41) is 11.7. The zero-order valence-electron chi connectivity index (χ0n) is 20.0. The molecule has 0 radical (unpaired) electrons. The van der Waals surface area contributed by atoms with Crippen molar-refractivity contribution in [2.75, 3.05) is 27.8 Å². The summed E-state index contributed by atoms with van der Waals surface area (Å²) < 4.78 is 10.5. The Morgan fingerprint density at radius 3 is 2.60 bits per heavy atom. The summed E-state index contributed by atoms with van der Waals surface area (Å²) >= 11 is 0. The molecule has 0 bridgehead atoms. The van der Waals surface area contributed by atoms with Gasteiger partial charge in [0, 0.05) is 29.4 Å². The van der Waals surface area contributed by atoms with Crippen molar-refractivity contribution in [3.63, 3.8) is 0 Å². The first-order chi connectivity index (χ1) is 16.9. The normalized spacial score (nSPS) is 13.2. The molecule has 0 saturated heterocycles. The van der Waals surface area contributed by atoms with E-state index in [1.807, 2.05) is 38.4 Å². The molecule has 0 aliphatic carbocycles. The van der Waals surface area contributed by atoms with E-state index in [9.17, 15) is 9.90 Å². The van der Waals surface area contributed by atoms with Gasteiger partial charge >= 0.3 is 5.97 Å². The predicted molar refractivity (Wildman–Crippen MR) is 136 cm³/mol. The van der Waals surface area contributed by atoms with Gasteiger partial charge in [0.15, 0.2) is 5.88 Å². The van der Waals surface area contributed by atoms with Crippen molar-refractivity contribution < 1.29 is 19.4 Å². The minimum absolute atomic E-state index is 0.0123. The second-order valence-corrected chi connectivity index (χ2v) is 8.89. The third-order valence-corrected chi connectivity index (χ3v) is 6.08. The number of fused-ring (bicyclic) bond motifs is 2. The molecule has 0 unspecified atom stereocenters. The van der Waals surface area contributed by atoms with Crippen molar-refractivity contribution in [2.45, 2.75) is 13.0 Å². The minimum atomic E-state index is -0.437. The van der Waals surface area contributed by atoms with Crippen molar-refractivity contribution >= 4 is 28.3 Å². The molecular weight excluding hydrogens is 442 g/mol. The molecule has 5 rings (SSSR count). The molecule has 0 spiro atoms. The maximum absolute atomic E-state index is 12.0. The number of carbonyl (C=O) groups excluding carboxylic acids is 1. The first-order valence-corrected chi connectivity index (χ1v) is 11.4. The van der Waals surface area contributed by atoms with Crippen molar-refractivity contribution in [3.05, 3.63) is 88.5 Å². The number of aliphatic imine (C=N–C) groups is 1. The third kappa shape index (κ3) is 4.50. The quantitative estimate of drug-likeness (QED) is 0.312. The van der Waals surface area contributed by atoms with Crippen LogP contribution in [0.1, 0.15) is 32.6 Å². The molecule has 0 amide bonds. The van der Waals surface area contributed by atoms with Crippen LogP contribution in [0.3, 0.4) is 0 Å². The molecule has 35 heavy (non-hydrogen) atoms. The molecule has 0 saturated carbocycles. The fourth-order valence-electron chi connectivity index (χ4n) is 4.44. The van der Waals surface area contributed by atoms with Crippen LogP contribution in [0.2, 0.25) is 0 Å². The van der Waals surface area contributed by atoms with Gasteiger partial charge in [-0.2, -0.15) is 0 Å². The molecule has 3 aromatic carbocycles. The van der Waals surface area contributed by atoms with Gasteiger partial charge in [0.05, 0.1) is 36.2 Å². The van der Waals surface area contributed by atoms with Gasteiger partial charge in [-0.05, 0) is 67.7 Å². The Morgan fingerprint density at radius 2 is 1.86 bits per heavy atom. The minimum Gasteiger partial charge on any atom is -0.494 e. The molecule has 7 nitrogen and oxygen atoms in total. The maximum atomic E-state index is 12.0. The van der Waals surface area contributed by atoms with Gasteiger partial charge in [-0.15, -0.1) is 0 Å². The van der Waals surface area contributed by atoms with Gasteiger partial charge < -0.3 is 24.5 Å². The number of ether oxygens (including phenoxy) is 2. The average molecular weight is 470 g/mol. The topological polar surface area (TPSA) is 87.2 Å². The molecule has 0 atom stereocenters. The summed E-state index contributed by atoms with van der Waals surface area (Å²) in [5.74, 6) is 0.432. The molecule has 2 N–H and O–H groups in total. The van der Waals surface area contributed by atoms with Crippen LogP contribution in [-0.4, -0.2) is 54.5 Å². The number of hydrogen-bond acceptors (Lipinski definition) is 6. The van der Waals surface area contributed by atoms with Gasteiger partial charge in [0.2, 0.25) is 0 Å². The molecule has 0 fully saturated rings. The maximum Gasteiger partial charge on any atom is 0.337 e. The lowest BCUT2D eigenvalue weighted by Crippen LogP contribution is -2.10. The van der Waals surface area contributed by atoms with Crippen LogP contribution in [-0.2, 0) is 17.7 Å². The highest BCUT2D eigenvalue weighted by atomic mass is 16.5. The number of rotatable bonds is 6. The van der Waals surface area contributed by atoms with Crippen LogP contribution in [0.15, 0.2) is 65.7 Å². The number of hydrogen-bond donors (Lipinski definition) is 2. The summed E-state index contributed by atoms with van der Waals surface area (Å²) in [7, 11) is 5.41. The zero-order valence-corrected chi connectivity index (χ0v) is 20.0. The fourth-order valence-corrected chi connectivity index (χ4v) is 4.44. The monoisotopic (exact) mass is 469 g/mol. The lowest BCUT2D eigenvalue weighted by Gasteiger charge is -2.11. The number of aromatic amines is 1. The number of esters is 1. The second kappa shape index (κ2) is 9.27. The Bertz CT molecular complexity index is 1430. The molecule has 4 aromatic rings. The number of carbonyl (C=O) groups is 1. The van der Waals surface area contributed by atoms with Crippen molar-refractivity contribution in [2.24, 2.45) is 4.99 Å². The van der Waals surface area contributed by atoms with Gasteiger partial charge in [-0.25, -0.2) is 9.79 Å². The van der Waals surface area contributed by atoms with Crippen LogP contribution in [0.25, 0.3) is 10.9 Å². The van der Waals surface area contributed by atoms with E-state index in [1.165, 1.54) is 12.7 Å². The third-order valence-electron chi connectivity index (χ3n) is 6.08. The highest BCUT2D eigenvalue weighted by Gasteiger charge is 2.22. The number of nitrogens with zero attached hydrogens (tertiary/aromatic N) is 2. The van der Waals surface area contributed by atoms with E-state index < -0.39 is 5.97 Å². The van der Waals surface area contributed by atoms with Gasteiger partial charge in [-0.3, -0.25) is 0 Å². The standard InChI is InChI=1S/C28H27N3O4/c1-31(2)16-17-4-8-21(9-5-17)29-26(19-7-11-24-18(14-19)12-13-35-24)25-22-10-6-20(28(33)34-3)15-23(22)30-27(25)32/h4-11,14-15,30,32H,12-13,16H2,1-3H3. The predicted octanol–water partition coefficient (Wildman–Crippen LogP) is 4.83. The molecule has 1 aromatic heterocycles. The Kier molecular flexibility index (Phi) is 6.01. The largest absolute Gasteiger partial charge is 0.494 e. The summed E-state index contributed by atoms with van der Waals surface area (Å²) in [5.41, 5.74) is 6.19. The fraction of sp³-hybridized carbons (Fsp3) is 0.214. The molecule has 1 aliphatic heterocycles. The molecule has 1 aliphatic rings. The van der Waals surface area contributed by atoms with Crippen LogP contribution >= 0.6 is 0 Å². The number of benzene rings is 3. The zero-order chi connectivity index (χ0) is 24.5. The smallest absolute Gasteiger partial charge is 0.337 e. The number of H-pyrrole nitrogens is 1. The van der Waals surface area contributed by atoms with Gasteiger partial charge in [-0.1, -0.05) is 18.2 Å². The van der Waals surface area contributed by atoms with E-state index in [0.29, 0.717) is 29.0 Å². The van der Waals surface area contributed by atoms with Crippen molar-refractivity contribution in [1.29, 1.82) is 0 Å². The Labute approximate surface area is 203 Å².